The Morgan fingerprint density at radius 1 is 1.06 bits per heavy atom. The van der Waals surface area contributed by atoms with Crippen LogP contribution in [0.15, 0.2) is 0 Å². The Morgan fingerprint density at radius 3 is 2.11 bits per heavy atom. The molecule has 0 aromatic rings. The van der Waals surface area contributed by atoms with Crippen molar-refractivity contribution in [3.05, 3.63) is 0 Å². The van der Waals surface area contributed by atoms with Gasteiger partial charge in [0.15, 0.2) is 0 Å². The molecule has 0 aliphatic carbocycles. The number of rotatable bonds is 3. The third kappa shape index (κ3) is 3.04. The second-order valence-electron chi connectivity index (χ2n) is 5.59. The molecule has 5 nitrogen and oxygen atoms in total. The van der Waals surface area contributed by atoms with Gasteiger partial charge in [-0.1, -0.05) is 0 Å². The van der Waals surface area contributed by atoms with E-state index in [1.54, 1.807) is 4.31 Å². The summed E-state index contributed by atoms with van der Waals surface area (Å²) in [5.74, 6) is 0. The second-order valence-corrected chi connectivity index (χ2v) is 7.80. The maximum absolute atomic E-state index is 12.5. The molecule has 2 saturated heterocycles. The molecular formula is C12H25N3O2S. The summed E-state index contributed by atoms with van der Waals surface area (Å²) < 4.78 is 26.7. The molecule has 0 saturated carbocycles. The van der Waals surface area contributed by atoms with Gasteiger partial charge >= 0.3 is 0 Å². The van der Waals surface area contributed by atoms with E-state index >= 15 is 0 Å². The summed E-state index contributed by atoms with van der Waals surface area (Å²) in [5, 5.41) is 3.06. The molecule has 2 aliphatic heterocycles. The fraction of sp³-hybridized carbons (Fsp3) is 1.00. The molecule has 6 heteroatoms. The molecule has 0 bridgehead atoms. The highest BCUT2D eigenvalue weighted by Crippen LogP contribution is 2.23. The minimum absolute atomic E-state index is 0.158. The molecule has 106 valence electrons. The SMILES string of the molecule is CN(C)C1CCN(S(=O)(=O)C2CCNCC2)CC1. The highest BCUT2D eigenvalue weighted by molar-refractivity contribution is 7.89. The van der Waals surface area contributed by atoms with Gasteiger partial charge in [0.1, 0.15) is 0 Å². The summed E-state index contributed by atoms with van der Waals surface area (Å²) in [6.07, 6.45) is 3.43. The number of piperidine rings is 2. The Morgan fingerprint density at radius 2 is 1.61 bits per heavy atom. The lowest BCUT2D eigenvalue weighted by molar-refractivity contribution is 0.195. The highest BCUT2D eigenvalue weighted by atomic mass is 32.2. The largest absolute Gasteiger partial charge is 0.317 e. The summed E-state index contributed by atoms with van der Waals surface area (Å²) >= 11 is 0. The van der Waals surface area contributed by atoms with Gasteiger partial charge in [-0.15, -0.1) is 0 Å². The van der Waals surface area contributed by atoms with Gasteiger partial charge in [-0.05, 0) is 52.9 Å². The third-order valence-electron chi connectivity index (χ3n) is 4.22. The van der Waals surface area contributed by atoms with Crippen LogP contribution in [-0.4, -0.2) is 69.2 Å². The Kier molecular flexibility index (Phi) is 4.64. The van der Waals surface area contributed by atoms with Crippen molar-refractivity contribution in [1.29, 1.82) is 0 Å². The van der Waals surface area contributed by atoms with Crippen molar-refractivity contribution in [2.45, 2.75) is 37.0 Å². The normalized spacial score (nSPS) is 25.7. The maximum Gasteiger partial charge on any atom is 0.217 e. The predicted octanol–water partition coefficient (Wildman–Crippen LogP) is 0.0942. The van der Waals surface area contributed by atoms with Gasteiger partial charge in [-0.2, -0.15) is 0 Å². The average molecular weight is 275 g/mol. The fourth-order valence-electron chi connectivity index (χ4n) is 2.92. The van der Waals surface area contributed by atoms with E-state index in [0.29, 0.717) is 19.1 Å². The average Bonchev–Trinajstić information content (AvgIpc) is 2.40. The van der Waals surface area contributed by atoms with Gasteiger partial charge in [-0.25, -0.2) is 12.7 Å². The second kappa shape index (κ2) is 5.86. The van der Waals surface area contributed by atoms with Crippen molar-refractivity contribution in [3.8, 4) is 0 Å². The van der Waals surface area contributed by atoms with Crippen molar-refractivity contribution in [2.24, 2.45) is 0 Å². The molecule has 2 rings (SSSR count). The van der Waals surface area contributed by atoms with Crippen molar-refractivity contribution >= 4 is 10.0 Å². The zero-order valence-electron chi connectivity index (χ0n) is 11.4. The lowest BCUT2D eigenvalue weighted by atomic mass is 10.1. The van der Waals surface area contributed by atoms with E-state index in [1.165, 1.54) is 0 Å². The van der Waals surface area contributed by atoms with E-state index in [0.717, 1.165) is 38.8 Å². The zero-order valence-corrected chi connectivity index (χ0v) is 12.2. The van der Waals surface area contributed by atoms with Crippen molar-refractivity contribution in [1.82, 2.24) is 14.5 Å². The van der Waals surface area contributed by atoms with Gasteiger partial charge in [0.2, 0.25) is 10.0 Å². The minimum Gasteiger partial charge on any atom is -0.317 e. The van der Waals surface area contributed by atoms with Crippen molar-refractivity contribution < 1.29 is 8.42 Å². The van der Waals surface area contributed by atoms with Crippen LogP contribution < -0.4 is 5.32 Å². The smallest absolute Gasteiger partial charge is 0.217 e. The molecule has 0 aromatic heterocycles. The van der Waals surface area contributed by atoms with Crippen molar-refractivity contribution in [2.75, 3.05) is 40.3 Å². The molecule has 18 heavy (non-hydrogen) atoms. The molecule has 0 unspecified atom stereocenters. The number of nitrogens with one attached hydrogen (secondary N) is 1. The Hall–Kier alpha value is -0.170. The summed E-state index contributed by atoms with van der Waals surface area (Å²) in [7, 11) is 1.08. The van der Waals surface area contributed by atoms with Crippen LogP contribution in [0.1, 0.15) is 25.7 Å². The quantitative estimate of drug-likeness (QED) is 0.793. The maximum atomic E-state index is 12.5. The number of nitrogens with zero attached hydrogens (tertiary/aromatic N) is 2. The van der Waals surface area contributed by atoms with E-state index in [4.69, 9.17) is 0 Å². The van der Waals surface area contributed by atoms with Gasteiger partial charge in [0.25, 0.3) is 0 Å². The summed E-state index contributed by atoms with van der Waals surface area (Å²) in [6.45, 7) is 3.04. The molecule has 0 spiro atoms. The number of hydrogen-bond acceptors (Lipinski definition) is 4. The fourth-order valence-corrected chi connectivity index (χ4v) is 4.89. The van der Waals surface area contributed by atoms with Gasteiger partial charge in [-0.3, -0.25) is 0 Å². The molecule has 2 fully saturated rings. The Balaban J connectivity index is 1.95. The first-order valence-electron chi connectivity index (χ1n) is 6.88. The van der Waals surface area contributed by atoms with Crippen molar-refractivity contribution in [3.63, 3.8) is 0 Å². The molecule has 2 heterocycles. The molecule has 0 atom stereocenters. The van der Waals surface area contributed by atoms with Crippen LogP contribution in [0.4, 0.5) is 0 Å². The molecule has 0 radical (unpaired) electrons. The van der Waals surface area contributed by atoms with E-state index in [-0.39, 0.29) is 5.25 Å². The van der Waals surface area contributed by atoms with Gasteiger partial charge in [0.05, 0.1) is 5.25 Å². The van der Waals surface area contributed by atoms with Crippen LogP contribution in [-0.2, 0) is 10.0 Å². The monoisotopic (exact) mass is 275 g/mol. The highest BCUT2D eigenvalue weighted by Gasteiger charge is 2.35. The first-order chi connectivity index (χ1) is 8.51. The molecule has 0 amide bonds. The van der Waals surface area contributed by atoms with Crippen LogP contribution in [0.25, 0.3) is 0 Å². The van der Waals surface area contributed by atoms with Crippen LogP contribution in [0.5, 0.6) is 0 Å². The molecule has 0 aromatic carbocycles. The lowest BCUT2D eigenvalue weighted by Crippen LogP contribution is -2.49. The minimum atomic E-state index is -3.06. The third-order valence-corrected chi connectivity index (χ3v) is 6.62. The topological polar surface area (TPSA) is 52.7 Å². The first kappa shape index (κ1) is 14.2. The molecular weight excluding hydrogens is 250 g/mol. The van der Waals surface area contributed by atoms with E-state index in [2.05, 4.69) is 24.3 Å². The van der Waals surface area contributed by atoms with Crippen LogP contribution in [0, 0.1) is 0 Å². The van der Waals surface area contributed by atoms with Crippen LogP contribution >= 0.6 is 0 Å². The van der Waals surface area contributed by atoms with Gasteiger partial charge in [0, 0.05) is 19.1 Å². The first-order valence-corrected chi connectivity index (χ1v) is 8.38. The Bertz CT molecular complexity index is 356. The van der Waals surface area contributed by atoms with E-state index in [1.807, 2.05) is 0 Å². The summed E-state index contributed by atoms with van der Waals surface area (Å²) in [5.41, 5.74) is 0. The van der Waals surface area contributed by atoms with Crippen LogP contribution in [0.2, 0.25) is 0 Å². The Labute approximate surface area is 111 Å². The number of hydrogen-bond donors (Lipinski definition) is 1. The number of sulfonamides is 1. The standard InChI is InChI=1S/C12H25N3O2S/c1-14(2)11-5-9-15(10-6-11)18(16,17)12-3-7-13-8-4-12/h11-13H,3-10H2,1-2H3. The zero-order chi connectivity index (χ0) is 13.2. The van der Waals surface area contributed by atoms with Gasteiger partial charge < -0.3 is 10.2 Å². The van der Waals surface area contributed by atoms with Crippen LogP contribution in [0.3, 0.4) is 0 Å². The molecule has 1 N–H and O–H groups in total. The summed E-state index contributed by atoms with van der Waals surface area (Å²) in [4.78, 5) is 2.20. The lowest BCUT2D eigenvalue weighted by Gasteiger charge is -2.37. The summed E-state index contributed by atoms with van der Waals surface area (Å²) in [6, 6.07) is 0.532. The predicted molar refractivity (Wildman–Crippen MR) is 73.1 cm³/mol. The molecule has 2 aliphatic rings. The van der Waals surface area contributed by atoms with E-state index in [9.17, 15) is 8.42 Å². The van der Waals surface area contributed by atoms with E-state index < -0.39 is 10.0 Å².